The molecule has 1 nitrogen and oxygen atoms in total. The molecule has 0 N–H and O–H groups in total. The molecule has 2 aromatic rings. The zero-order valence-electron chi connectivity index (χ0n) is 25.3. The number of hydrogen-bond donors (Lipinski definition) is 0. The summed E-state index contributed by atoms with van der Waals surface area (Å²) in [5, 5.41) is 0. The monoisotopic (exact) mass is 531 g/mol. The SMILES string of the molecule is C=C(CC(C)(C)C)c1ccc2c(c1)N(CC1CCC1CCCP)CC(C)(c1ccc(CC)cc1CCC)C2. The first kappa shape index (κ1) is 29.4. The normalized spacial score (nSPS) is 23.2. The van der Waals surface area contributed by atoms with Crippen LogP contribution in [0, 0.1) is 17.3 Å². The maximum atomic E-state index is 4.52. The van der Waals surface area contributed by atoms with Gasteiger partial charge in [0.05, 0.1) is 0 Å². The first-order chi connectivity index (χ1) is 18.1. The van der Waals surface area contributed by atoms with E-state index in [1.807, 2.05) is 0 Å². The van der Waals surface area contributed by atoms with Gasteiger partial charge in [0.1, 0.15) is 0 Å². The Morgan fingerprint density at radius 1 is 1.08 bits per heavy atom. The van der Waals surface area contributed by atoms with E-state index in [-0.39, 0.29) is 10.8 Å². The van der Waals surface area contributed by atoms with Gasteiger partial charge in [0.2, 0.25) is 0 Å². The van der Waals surface area contributed by atoms with Crippen LogP contribution >= 0.6 is 9.24 Å². The maximum absolute atomic E-state index is 4.52. The lowest BCUT2D eigenvalue weighted by atomic mass is 9.69. The summed E-state index contributed by atoms with van der Waals surface area (Å²) in [6.07, 6.45) is 12.5. The Kier molecular flexibility index (Phi) is 9.51. The number of rotatable bonds is 11. The molecular formula is C36H54NP. The molecule has 4 atom stereocenters. The van der Waals surface area contributed by atoms with E-state index < -0.39 is 0 Å². The summed E-state index contributed by atoms with van der Waals surface area (Å²) in [6.45, 7) is 20.9. The number of hydrogen-bond acceptors (Lipinski definition) is 1. The Balaban J connectivity index is 1.70. The largest absolute Gasteiger partial charge is 0.370 e. The Bertz CT molecular complexity index is 1110. The Morgan fingerprint density at radius 3 is 2.47 bits per heavy atom. The van der Waals surface area contributed by atoms with Crippen LogP contribution < -0.4 is 4.90 Å². The van der Waals surface area contributed by atoms with Crippen molar-refractivity contribution in [2.45, 2.75) is 105 Å². The van der Waals surface area contributed by atoms with Gasteiger partial charge >= 0.3 is 0 Å². The van der Waals surface area contributed by atoms with Gasteiger partial charge in [-0.3, -0.25) is 0 Å². The van der Waals surface area contributed by atoms with E-state index in [1.165, 1.54) is 79.2 Å². The second kappa shape index (κ2) is 12.3. The van der Waals surface area contributed by atoms with Gasteiger partial charge in [-0.15, -0.1) is 9.24 Å². The highest BCUT2D eigenvalue weighted by Gasteiger charge is 2.40. The summed E-state index contributed by atoms with van der Waals surface area (Å²) in [6, 6.07) is 14.7. The van der Waals surface area contributed by atoms with Crippen LogP contribution in [0.15, 0.2) is 43.0 Å². The van der Waals surface area contributed by atoms with Gasteiger partial charge in [0.25, 0.3) is 0 Å². The van der Waals surface area contributed by atoms with Gasteiger partial charge in [-0.25, -0.2) is 0 Å². The molecule has 1 aliphatic carbocycles. The topological polar surface area (TPSA) is 3.24 Å². The maximum Gasteiger partial charge on any atom is 0.0405 e. The molecule has 0 amide bonds. The van der Waals surface area contributed by atoms with Crippen LogP contribution in [0.3, 0.4) is 0 Å². The molecule has 2 aliphatic rings. The molecule has 0 bridgehead atoms. The van der Waals surface area contributed by atoms with E-state index in [0.717, 1.165) is 37.6 Å². The fourth-order valence-electron chi connectivity index (χ4n) is 7.15. The molecule has 38 heavy (non-hydrogen) atoms. The minimum Gasteiger partial charge on any atom is -0.370 e. The van der Waals surface area contributed by atoms with Crippen LogP contribution in [0.4, 0.5) is 5.69 Å². The van der Waals surface area contributed by atoms with Crippen molar-refractivity contribution in [3.05, 3.63) is 70.8 Å². The second-order valence-corrected chi connectivity index (χ2v) is 14.5. The number of aryl methyl sites for hydroxylation is 2. The molecule has 4 rings (SSSR count). The molecule has 1 heterocycles. The smallest absolute Gasteiger partial charge is 0.0405 e. The summed E-state index contributed by atoms with van der Waals surface area (Å²) >= 11 is 0. The van der Waals surface area contributed by atoms with Crippen LogP contribution in [0.2, 0.25) is 0 Å². The van der Waals surface area contributed by atoms with Crippen LogP contribution in [0.25, 0.3) is 5.57 Å². The van der Waals surface area contributed by atoms with Crippen molar-refractivity contribution in [1.29, 1.82) is 0 Å². The van der Waals surface area contributed by atoms with Gasteiger partial charge in [-0.1, -0.05) is 84.9 Å². The van der Waals surface area contributed by atoms with E-state index in [9.17, 15) is 0 Å². The highest BCUT2D eigenvalue weighted by Crippen LogP contribution is 2.45. The summed E-state index contributed by atoms with van der Waals surface area (Å²) in [5.74, 6) is 1.74. The van der Waals surface area contributed by atoms with E-state index in [4.69, 9.17) is 0 Å². The molecule has 0 saturated heterocycles. The molecule has 1 saturated carbocycles. The van der Waals surface area contributed by atoms with Gasteiger partial charge in [-0.2, -0.15) is 0 Å². The average molecular weight is 532 g/mol. The Morgan fingerprint density at radius 2 is 1.84 bits per heavy atom. The Hall–Kier alpha value is -1.59. The van der Waals surface area contributed by atoms with Gasteiger partial charge in [0.15, 0.2) is 0 Å². The van der Waals surface area contributed by atoms with Crippen molar-refractivity contribution in [2.24, 2.45) is 17.3 Å². The van der Waals surface area contributed by atoms with Crippen LogP contribution in [0.1, 0.15) is 108 Å². The zero-order chi connectivity index (χ0) is 27.5. The van der Waals surface area contributed by atoms with Gasteiger partial charge in [-0.05, 0) is 114 Å². The molecule has 0 aromatic heterocycles. The van der Waals surface area contributed by atoms with Crippen LogP contribution in [0.5, 0.6) is 0 Å². The van der Waals surface area contributed by atoms with Crippen molar-refractivity contribution in [3.8, 4) is 0 Å². The quantitative estimate of drug-likeness (QED) is 0.261. The lowest BCUT2D eigenvalue weighted by Gasteiger charge is -2.48. The molecule has 2 aromatic carbocycles. The Labute approximate surface area is 237 Å². The van der Waals surface area contributed by atoms with Crippen molar-refractivity contribution < 1.29 is 0 Å². The number of fused-ring (bicyclic) bond motifs is 1. The fourth-order valence-corrected chi connectivity index (χ4v) is 7.39. The van der Waals surface area contributed by atoms with Gasteiger partial charge < -0.3 is 4.90 Å². The summed E-state index contributed by atoms with van der Waals surface area (Å²) in [5.41, 5.74) is 10.6. The summed E-state index contributed by atoms with van der Waals surface area (Å²) in [4.78, 5) is 2.80. The third-order valence-electron chi connectivity index (χ3n) is 9.25. The standard InChI is InChI=1S/C36H54NP/c1-8-11-30-20-27(9-2)13-18-33(30)36(7)23-31-16-15-29(26(3)22-35(4,5)6)21-34(31)37(25-36)24-32-17-14-28(32)12-10-19-38/h13,15-16,18,20-21,28,32H,3,8-12,14,17,19,22-25,38H2,1-2,4-7H3. The number of benzene rings is 2. The molecule has 208 valence electrons. The molecule has 0 spiro atoms. The van der Waals surface area contributed by atoms with Gasteiger partial charge in [0, 0.05) is 24.2 Å². The zero-order valence-corrected chi connectivity index (χ0v) is 26.5. The molecule has 4 unspecified atom stereocenters. The molecule has 1 aliphatic heterocycles. The van der Waals surface area contributed by atoms with E-state index in [0.29, 0.717) is 0 Å². The molecule has 2 heteroatoms. The number of allylic oxidation sites excluding steroid dienone is 1. The highest BCUT2D eigenvalue weighted by molar-refractivity contribution is 7.16. The molecule has 0 radical (unpaired) electrons. The molecular weight excluding hydrogens is 477 g/mol. The summed E-state index contributed by atoms with van der Waals surface area (Å²) < 4.78 is 0. The van der Waals surface area contributed by atoms with Crippen molar-refractivity contribution in [2.75, 3.05) is 24.2 Å². The first-order valence-corrected chi connectivity index (χ1v) is 16.3. The second-order valence-electron chi connectivity index (χ2n) is 13.9. The minimum atomic E-state index is 0.132. The average Bonchev–Trinajstić information content (AvgIpc) is 2.85. The molecule has 1 fully saturated rings. The third-order valence-corrected chi connectivity index (χ3v) is 9.66. The van der Waals surface area contributed by atoms with Crippen LogP contribution in [-0.2, 0) is 24.7 Å². The lowest BCUT2D eigenvalue weighted by Crippen LogP contribution is -2.49. The van der Waals surface area contributed by atoms with Crippen molar-refractivity contribution >= 4 is 20.5 Å². The van der Waals surface area contributed by atoms with Crippen molar-refractivity contribution in [1.82, 2.24) is 0 Å². The fraction of sp³-hybridized carbons (Fsp3) is 0.611. The number of anilines is 1. The first-order valence-electron chi connectivity index (χ1n) is 15.4. The van der Waals surface area contributed by atoms with E-state index in [2.05, 4.69) is 98.7 Å². The van der Waals surface area contributed by atoms with Crippen molar-refractivity contribution in [3.63, 3.8) is 0 Å². The van der Waals surface area contributed by atoms with E-state index >= 15 is 0 Å². The third kappa shape index (κ3) is 6.75. The predicted molar refractivity (Wildman–Crippen MR) is 173 cm³/mol. The lowest BCUT2D eigenvalue weighted by molar-refractivity contribution is 0.165. The van der Waals surface area contributed by atoms with E-state index in [1.54, 1.807) is 11.1 Å². The summed E-state index contributed by atoms with van der Waals surface area (Å²) in [7, 11) is 2.93. The van der Waals surface area contributed by atoms with Crippen LogP contribution in [-0.4, -0.2) is 19.3 Å². The number of nitrogens with zero attached hydrogens (tertiary/aromatic N) is 1. The predicted octanol–water partition coefficient (Wildman–Crippen LogP) is 9.65. The minimum absolute atomic E-state index is 0.132. The highest BCUT2D eigenvalue weighted by atomic mass is 31.0.